The fourth-order valence-corrected chi connectivity index (χ4v) is 2.48. The van der Waals surface area contributed by atoms with Crippen LogP contribution in [0.5, 0.6) is 0 Å². The molecule has 1 aromatic rings. The summed E-state index contributed by atoms with van der Waals surface area (Å²) < 4.78 is 16.7. The van der Waals surface area contributed by atoms with Crippen molar-refractivity contribution in [1.82, 2.24) is 0 Å². The predicted molar refractivity (Wildman–Crippen MR) is 72.8 cm³/mol. The molecule has 1 aromatic carbocycles. The van der Waals surface area contributed by atoms with E-state index in [-0.39, 0.29) is 0 Å². The summed E-state index contributed by atoms with van der Waals surface area (Å²) in [6, 6.07) is 7.42. The first-order chi connectivity index (χ1) is 8.01. The van der Waals surface area contributed by atoms with Crippen molar-refractivity contribution in [3.8, 4) is 0 Å². The molecular weight excluding hydrogens is 255 g/mol. The zero-order chi connectivity index (χ0) is 12.7. The van der Waals surface area contributed by atoms with Crippen molar-refractivity contribution >= 4 is 25.2 Å². The Bertz CT molecular complexity index is 397. The van der Waals surface area contributed by atoms with Crippen LogP contribution < -0.4 is 0 Å². The molecule has 0 radical (unpaired) electrons. The standard InChI is InChI=1S/C12H17O3PS/c1-16(2,14)10-15-7-8-17-12-5-3-11(9-13)4-6-12/h3-6,9H,7-8,10H2,1-2H3. The van der Waals surface area contributed by atoms with Crippen LogP contribution in [0, 0.1) is 0 Å². The molecule has 94 valence electrons. The van der Waals surface area contributed by atoms with Crippen LogP contribution in [0.3, 0.4) is 0 Å². The lowest BCUT2D eigenvalue weighted by molar-refractivity contribution is 0.112. The van der Waals surface area contributed by atoms with Gasteiger partial charge in [-0.2, -0.15) is 0 Å². The molecule has 0 aliphatic heterocycles. The second-order valence-electron chi connectivity index (χ2n) is 4.15. The normalized spacial score (nSPS) is 11.4. The number of carbonyl (C=O) groups is 1. The molecule has 0 atom stereocenters. The Kier molecular flexibility index (Phi) is 5.96. The Hall–Kier alpha value is -0.570. The van der Waals surface area contributed by atoms with E-state index >= 15 is 0 Å². The van der Waals surface area contributed by atoms with E-state index in [4.69, 9.17) is 4.74 Å². The fraction of sp³-hybridized carbons (Fsp3) is 0.417. The van der Waals surface area contributed by atoms with Crippen LogP contribution >= 0.6 is 18.9 Å². The van der Waals surface area contributed by atoms with Crippen LogP contribution in [0.4, 0.5) is 0 Å². The maximum atomic E-state index is 11.4. The molecule has 0 amide bonds. The van der Waals surface area contributed by atoms with Gasteiger partial charge in [0.15, 0.2) is 0 Å². The van der Waals surface area contributed by atoms with Crippen molar-refractivity contribution in [3.05, 3.63) is 29.8 Å². The molecule has 0 unspecified atom stereocenters. The summed E-state index contributed by atoms with van der Waals surface area (Å²) in [5.74, 6) is 0.820. The van der Waals surface area contributed by atoms with Crippen molar-refractivity contribution in [3.63, 3.8) is 0 Å². The Balaban J connectivity index is 2.22. The number of thioether (sulfide) groups is 1. The van der Waals surface area contributed by atoms with Crippen molar-refractivity contribution in [2.45, 2.75) is 4.90 Å². The second-order valence-corrected chi connectivity index (χ2v) is 8.72. The third-order valence-electron chi connectivity index (χ3n) is 1.91. The van der Waals surface area contributed by atoms with Gasteiger partial charge in [-0.1, -0.05) is 12.1 Å². The summed E-state index contributed by atoms with van der Waals surface area (Å²) in [4.78, 5) is 11.6. The molecule has 0 fully saturated rings. The lowest BCUT2D eigenvalue weighted by atomic mass is 10.2. The maximum absolute atomic E-state index is 11.4. The van der Waals surface area contributed by atoms with Gasteiger partial charge in [0.25, 0.3) is 0 Å². The topological polar surface area (TPSA) is 43.4 Å². The number of hydrogen-bond acceptors (Lipinski definition) is 4. The van der Waals surface area contributed by atoms with Crippen molar-refractivity contribution in [1.29, 1.82) is 0 Å². The van der Waals surface area contributed by atoms with E-state index in [0.29, 0.717) is 18.5 Å². The van der Waals surface area contributed by atoms with Gasteiger partial charge in [-0.3, -0.25) is 4.79 Å². The Morgan fingerprint density at radius 2 is 1.94 bits per heavy atom. The first kappa shape index (κ1) is 14.5. The number of ether oxygens (including phenoxy) is 1. The third-order valence-corrected chi connectivity index (χ3v) is 3.70. The molecular formula is C12H17O3PS. The van der Waals surface area contributed by atoms with Gasteiger partial charge in [-0.05, 0) is 25.5 Å². The third kappa shape index (κ3) is 6.67. The van der Waals surface area contributed by atoms with E-state index in [2.05, 4.69) is 0 Å². The Morgan fingerprint density at radius 3 is 2.47 bits per heavy atom. The minimum atomic E-state index is -2.06. The van der Waals surface area contributed by atoms with Gasteiger partial charge < -0.3 is 9.30 Å². The number of rotatable bonds is 7. The number of hydrogen-bond donors (Lipinski definition) is 0. The van der Waals surface area contributed by atoms with E-state index in [0.717, 1.165) is 16.9 Å². The maximum Gasteiger partial charge on any atom is 0.150 e. The van der Waals surface area contributed by atoms with Crippen molar-refractivity contribution in [2.75, 3.05) is 32.0 Å². The van der Waals surface area contributed by atoms with Gasteiger partial charge in [0.2, 0.25) is 0 Å². The van der Waals surface area contributed by atoms with Crippen molar-refractivity contribution < 1.29 is 14.1 Å². The van der Waals surface area contributed by atoms with E-state index in [1.807, 2.05) is 12.1 Å². The molecule has 0 heterocycles. The minimum absolute atomic E-state index is 0.345. The van der Waals surface area contributed by atoms with Crippen LogP contribution in [0.15, 0.2) is 29.2 Å². The molecule has 17 heavy (non-hydrogen) atoms. The van der Waals surface area contributed by atoms with Crippen molar-refractivity contribution in [2.24, 2.45) is 0 Å². The minimum Gasteiger partial charge on any atom is -0.373 e. The largest absolute Gasteiger partial charge is 0.373 e. The molecule has 0 N–H and O–H groups in total. The van der Waals surface area contributed by atoms with Gasteiger partial charge in [0.05, 0.1) is 13.0 Å². The van der Waals surface area contributed by atoms with Crippen LogP contribution in [-0.2, 0) is 9.30 Å². The van der Waals surface area contributed by atoms with Crippen LogP contribution in [0.25, 0.3) is 0 Å². The van der Waals surface area contributed by atoms with E-state index in [9.17, 15) is 9.36 Å². The highest BCUT2D eigenvalue weighted by molar-refractivity contribution is 7.99. The number of benzene rings is 1. The van der Waals surface area contributed by atoms with Gasteiger partial charge in [0, 0.05) is 16.2 Å². The summed E-state index contributed by atoms with van der Waals surface area (Å²) in [5.41, 5.74) is 0.684. The molecule has 0 aliphatic rings. The molecule has 1 rings (SSSR count). The van der Waals surface area contributed by atoms with E-state index < -0.39 is 7.14 Å². The SMILES string of the molecule is CP(C)(=O)COCCSc1ccc(C=O)cc1. The highest BCUT2D eigenvalue weighted by Crippen LogP contribution is 2.35. The monoisotopic (exact) mass is 272 g/mol. The van der Waals surface area contributed by atoms with Gasteiger partial charge in [0.1, 0.15) is 13.4 Å². The Morgan fingerprint density at radius 1 is 1.29 bits per heavy atom. The van der Waals surface area contributed by atoms with Gasteiger partial charge in [-0.25, -0.2) is 0 Å². The molecule has 0 spiro atoms. The molecule has 0 bridgehead atoms. The first-order valence-corrected chi connectivity index (χ1v) is 9.08. The van der Waals surface area contributed by atoms with Crippen LogP contribution in [-0.4, -0.2) is 38.3 Å². The van der Waals surface area contributed by atoms with Crippen LogP contribution in [0.2, 0.25) is 0 Å². The lowest BCUT2D eigenvalue weighted by Crippen LogP contribution is -1.99. The van der Waals surface area contributed by atoms with E-state index in [1.165, 1.54) is 0 Å². The quantitative estimate of drug-likeness (QED) is 0.331. The molecule has 0 saturated heterocycles. The second kappa shape index (κ2) is 7.00. The zero-order valence-corrected chi connectivity index (χ0v) is 11.8. The average molecular weight is 272 g/mol. The highest BCUT2D eigenvalue weighted by Gasteiger charge is 2.05. The number of carbonyl (C=O) groups excluding carboxylic acids is 1. The number of aldehydes is 1. The zero-order valence-electron chi connectivity index (χ0n) is 10.1. The lowest BCUT2D eigenvalue weighted by Gasteiger charge is -2.07. The fourth-order valence-electron chi connectivity index (χ4n) is 1.15. The van der Waals surface area contributed by atoms with Gasteiger partial charge >= 0.3 is 0 Å². The molecule has 0 aliphatic carbocycles. The summed E-state index contributed by atoms with van der Waals surface area (Å²) >= 11 is 1.66. The summed E-state index contributed by atoms with van der Waals surface area (Å²) in [5, 5.41) is 0. The summed E-state index contributed by atoms with van der Waals surface area (Å²) in [7, 11) is -2.06. The smallest absolute Gasteiger partial charge is 0.150 e. The first-order valence-electron chi connectivity index (χ1n) is 5.31. The Labute approximate surface area is 106 Å². The molecule has 0 aromatic heterocycles. The van der Waals surface area contributed by atoms with Gasteiger partial charge in [-0.15, -0.1) is 11.8 Å². The predicted octanol–water partition coefficient (Wildman–Crippen LogP) is 3.19. The molecule has 5 heteroatoms. The van der Waals surface area contributed by atoms with Crippen LogP contribution in [0.1, 0.15) is 10.4 Å². The summed E-state index contributed by atoms with van der Waals surface area (Å²) in [6.45, 7) is 4.03. The van der Waals surface area contributed by atoms with E-state index in [1.54, 1.807) is 37.2 Å². The average Bonchev–Trinajstić information content (AvgIpc) is 2.28. The molecule has 3 nitrogen and oxygen atoms in total. The molecule has 0 saturated carbocycles. The highest BCUT2D eigenvalue weighted by atomic mass is 32.2. The summed E-state index contributed by atoms with van der Waals surface area (Å²) in [6.07, 6.45) is 1.18.